The molecule has 0 bridgehead atoms. The van der Waals surface area contributed by atoms with E-state index in [4.69, 9.17) is 32.9 Å². The van der Waals surface area contributed by atoms with E-state index in [0.717, 1.165) is 35.3 Å². The number of methoxy groups -OCH3 is 1. The van der Waals surface area contributed by atoms with E-state index in [1.54, 1.807) is 25.3 Å². The molecule has 6 nitrogen and oxygen atoms in total. The predicted octanol–water partition coefficient (Wildman–Crippen LogP) is 5.65. The lowest BCUT2D eigenvalue weighted by Gasteiger charge is -2.28. The molecule has 1 aromatic heterocycles. The zero-order valence-electron chi connectivity index (χ0n) is 18.7. The number of halogens is 2. The smallest absolute Gasteiger partial charge is 0.234 e. The number of pyridine rings is 1. The summed E-state index contributed by atoms with van der Waals surface area (Å²) in [4.78, 5) is 19.7. The van der Waals surface area contributed by atoms with Crippen LogP contribution < -0.4 is 10.1 Å². The minimum Gasteiger partial charge on any atom is -0.496 e. The summed E-state index contributed by atoms with van der Waals surface area (Å²) >= 11 is 13.2. The van der Waals surface area contributed by atoms with Crippen LogP contribution in [-0.2, 0) is 17.8 Å². The van der Waals surface area contributed by atoms with Crippen LogP contribution in [-0.4, -0.2) is 42.2 Å². The summed E-state index contributed by atoms with van der Waals surface area (Å²) in [5.41, 5.74) is 4.65. The Balaban J connectivity index is 1.68. The Morgan fingerprint density at radius 2 is 2.06 bits per heavy atom. The predicted molar refractivity (Wildman–Crippen MR) is 137 cm³/mol. The van der Waals surface area contributed by atoms with E-state index in [2.05, 4.69) is 23.3 Å². The van der Waals surface area contributed by atoms with Crippen LogP contribution in [0, 0.1) is 11.3 Å². The number of anilines is 1. The zero-order valence-corrected chi connectivity index (χ0v) is 21.0. The quantitative estimate of drug-likeness (QED) is 0.429. The third-order valence-electron chi connectivity index (χ3n) is 5.54. The fourth-order valence-electron chi connectivity index (χ4n) is 3.93. The van der Waals surface area contributed by atoms with Crippen LogP contribution in [0.15, 0.2) is 47.5 Å². The molecule has 3 aromatic rings. The summed E-state index contributed by atoms with van der Waals surface area (Å²) in [7, 11) is 3.67. The topological polar surface area (TPSA) is 78.2 Å². The van der Waals surface area contributed by atoms with E-state index in [1.165, 1.54) is 11.8 Å². The van der Waals surface area contributed by atoms with Crippen molar-refractivity contribution < 1.29 is 9.53 Å². The van der Waals surface area contributed by atoms with Crippen molar-refractivity contribution in [1.29, 1.82) is 5.26 Å². The number of para-hydroxylation sites is 1. The second-order valence-electron chi connectivity index (χ2n) is 7.86. The number of likely N-dealkylation sites (N-methyl/N-ethyl adjacent to an activating group) is 1. The molecule has 0 fully saturated rings. The lowest BCUT2D eigenvalue weighted by molar-refractivity contribution is -0.113. The monoisotopic (exact) mass is 512 g/mol. The maximum atomic E-state index is 12.6. The largest absolute Gasteiger partial charge is 0.496 e. The summed E-state index contributed by atoms with van der Waals surface area (Å²) in [6.07, 6.45) is 0.767. The average molecular weight is 513 g/mol. The minimum absolute atomic E-state index is 0.0893. The third kappa shape index (κ3) is 5.16. The third-order valence-corrected chi connectivity index (χ3v) is 7.25. The first kappa shape index (κ1) is 24.4. The van der Waals surface area contributed by atoms with Gasteiger partial charge in [0.1, 0.15) is 16.8 Å². The zero-order chi connectivity index (χ0) is 24.2. The summed E-state index contributed by atoms with van der Waals surface area (Å²) < 4.78 is 5.61. The maximum Gasteiger partial charge on any atom is 0.234 e. The van der Waals surface area contributed by atoms with Gasteiger partial charge in [-0.3, -0.25) is 4.79 Å². The van der Waals surface area contributed by atoms with E-state index in [1.807, 2.05) is 24.3 Å². The molecule has 34 heavy (non-hydrogen) atoms. The fraction of sp³-hybridized carbons (Fsp3) is 0.240. The van der Waals surface area contributed by atoms with E-state index in [-0.39, 0.29) is 11.7 Å². The number of amides is 1. The highest BCUT2D eigenvalue weighted by Gasteiger charge is 2.26. The highest BCUT2D eigenvalue weighted by molar-refractivity contribution is 8.00. The van der Waals surface area contributed by atoms with Crippen molar-refractivity contribution in [2.75, 3.05) is 31.8 Å². The molecule has 0 atom stereocenters. The molecule has 0 aliphatic carbocycles. The lowest BCUT2D eigenvalue weighted by Crippen LogP contribution is -2.28. The number of aromatic nitrogens is 1. The van der Waals surface area contributed by atoms with Crippen LogP contribution in [0.1, 0.15) is 16.8 Å². The Kier molecular flexibility index (Phi) is 7.64. The first-order valence-corrected chi connectivity index (χ1v) is 12.3. The molecule has 9 heteroatoms. The van der Waals surface area contributed by atoms with Gasteiger partial charge in [0.25, 0.3) is 0 Å². The van der Waals surface area contributed by atoms with Crippen molar-refractivity contribution in [2.45, 2.75) is 18.0 Å². The lowest BCUT2D eigenvalue weighted by atomic mass is 9.91. The van der Waals surface area contributed by atoms with Gasteiger partial charge < -0.3 is 15.0 Å². The molecule has 0 saturated heterocycles. The number of fused-ring (bicyclic) bond motifs is 1. The van der Waals surface area contributed by atoms with Gasteiger partial charge in [0, 0.05) is 42.0 Å². The van der Waals surface area contributed by atoms with E-state index in [0.29, 0.717) is 38.6 Å². The van der Waals surface area contributed by atoms with Crippen LogP contribution in [0.2, 0.25) is 10.0 Å². The number of nitrogens with one attached hydrogen (secondary N) is 1. The molecule has 1 N–H and O–H groups in total. The molecule has 4 rings (SSSR count). The van der Waals surface area contributed by atoms with Gasteiger partial charge in [-0.25, -0.2) is 4.98 Å². The van der Waals surface area contributed by atoms with Crippen molar-refractivity contribution in [3.63, 3.8) is 0 Å². The highest BCUT2D eigenvalue weighted by Crippen LogP contribution is 2.40. The van der Waals surface area contributed by atoms with Gasteiger partial charge in [0.2, 0.25) is 5.91 Å². The Morgan fingerprint density at radius 1 is 1.26 bits per heavy atom. The van der Waals surface area contributed by atoms with E-state index >= 15 is 0 Å². The van der Waals surface area contributed by atoms with Crippen molar-refractivity contribution in [3.05, 3.63) is 69.3 Å². The summed E-state index contributed by atoms with van der Waals surface area (Å²) in [5.74, 6) is 0.547. The SMILES string of the molecule is COc1ccccc1-c1c(C#N)c(SCC(=O)Nc2ccc(Cl)c(Cl)c2)nc2c1CN(C)CC2. The standard InChI is InChI=1S/C25H22Cl2N4O2S/c1-31-10-9-21-18(13-31)24(16-5-3-4-6-22(16)33-2)17(12-28)25(30-21)34-14-23(32)29-15-7-8-19(26)20(27)11-15/h3-8,11H,9-10,13-14H2,1-2H3,(H,29,32). The molecule has 2 heterocycles. The number of ether oxygens (including phenoxy) is 1. The first-order chi connectivity index (χ1) is 16.4. The molecule has 0 saturated carbocycles. The van der Waals surface area contributed by atoms with Crippen molar-refractivity contribution >= 4 is 46.6 Å². The molecule has 1 aliphatic rings. The molecule has 174 valence electrons. The Morgan fingerprint density at radius 3 is 2.79 bits per heavy atom. The van der Waals surface area contributed by atoms with Crippen molar-refractivity contribution in [3.8, 4) is 22.9 Å². The molecular weight excluding hydrogens is 491 g/mol. The summed E-state index contributed by atoms with van der Waals surface area (Å²) in [6, 6.07) is 14.9. The number of hydrogen-bond acceptors (Lipinski definition) is 6. The van der Waals surface area contributed by atoms with Gasteiger partial charge in [-0.05, 0) is 36.9 Å². The normalized spacial score (nSPS) is 13.1. The average Bonchev–Trinajstić information content (AvgIpc) is 2.84. The van der Waals surface area contributed by atoms with E-state index < -0.39 is 0 Å². The van der Waals surface area contributed by atoms with Gasteiger partial charge in [0.05, 0.1) is 28.5 Å². The van der Waals surface area contributed by atoms with Gasteiger partial charge in [-0.15, -0.1) is 0 Å². The van der Waals surface area contributed by atoms with Crippen LogP contribution in [0.3, 0.4) is 0 Å². The number of thioether (sulfide) groups is 1. The molecule has 0 unspecified atom stereocenters. The highest BCUT2D eigenvalue weighted by atomic mass is 35.5. The van der Waals surface area contributed by atoms with Crippen molar-refractivity contribution in [2.24, 2.45) is 0 Å². The van der Waals surface area contributed by atoms with Gasteiger partial charge in [-0.1, -0.05) is 53.2 Å². The Hall–Kier alpha value is -2.76. The van der Waals surface area contributed by atoms with Crippen LogP contribution in [0.4, 0.5) is 5.69 Å². The second-order valence-corrected chi connectivity index (χ2v) is 9.64. The van der Waals surface area contributed by atoms with Crippen LogP contribution >= 0.6 is 35.0 Å². The molecule has 0 radical (unpaired) electrons. The number of benzene rings is 2. The number of carbonyl (C=O) groups excluding carboxylic acids is 1. The molecule has 1 aliphatic heterocycles. The van der Waals surface area contributed by atoms with E-state index in [9.17, 15) is 10.1 Å². The van der Waals surface area contributed by atoms with Crippen molar-refractivity contribution in [1.82, 2.24) is 9.88 Å². The maximum absolute atomic E-state index is 12.6. The first-order valence-electron chi connectivity index (χ1n) is 10.6. The Bertz CT molecular complexity index is 1290. The molecule has 1 amide bonds. The van der Waals surface area contributed by atoms with Crippen LogP contribution in [0.25, 0.3) is 11.1 Å². The molecule has 2 aromatic carbocycles. The number of nitrogens with zero attached hydrogens (tertiary/aromatic N) is 3. The fourth-order valence-corrected chi connectivity index (χ4v) is 5.04. The Labute approximate surface area is 212 Å². The molecule has 0 spiro atoms. The molecular formula is C25H22Cl2N4O2S. The number of carbonyl (C=O) groups is 1. The number of nitriles is 1. The second kappa shape index (κ2) is 10.7. The van der Waals surface area contributed by atoms with Crippen LogP contribution in [0.5, 0.6) is 5.75 Å². The van der Waals surface area contributed by atoms with Gasteiger partial charge >= 0.3 is 0 Å². The minimum atomic E-state index is -0.231. The van der Waals surface area contributed by atoms with Gasteiger partial charge in [-0.2, -0.15) is 5.26 Å². The summed E-state index contributed by atoms with van der Waals surface area (Å²) in [5, 5.41) is 14.3. The summed E-state index contributed by atoms with van der Waals surface area (Å²) in [6.45, 7) is 1.56. The number of hydrogen-bond donors (Lipinski definition) is 1. The van der Waals surface area contributed by atoms with Gasteiger partial charge in [0.15, 0.2) is 0 Å². The number of rotatable bonds is 6.